The molecule has 0 aromatic rings. The largest absolute Gasteiger partial charge is 0.472 e. The number of aliphatic hydroxyl groups is 2. The molecule has 16 nitrogen and oxygen atoms in total. The van der Waals surface area contributed by atoms with Crippen LogP contribution in [0.25, 0.3) is 0 Å². The summed E-state index contributed by atoms with van der Waals surface area (Å²) in [6.07, 6.45) is -5.58. The Morgan fingerprint density at radius 3 is 1.90 bits per heavy atom. The van der Waals surface area contributed by atoms with E-state index in [0.29, 0.717) is 0 Å². The molecule has 0 aromatic carbocycles. The lowest BCUT2D eigenvalue weighted by Crippen LogP contribution is -2.47. The van der Waals surface area contributed by atoms with Gasteiger partial charge in [-0.05, 0) is 6.92 Å². The third kappa shape index (κ3) is 5.45. The average molecular weight is 614 g/mol. The van der Waals surface area contributed by atoms with Gasteiger partial charge in [-0.2, -0.15) is 0 Å². The minimum absolute atomic E-state index is 0.0217. The topological polar surface area (TPSA) is 207 Å². The number of aliphatic hydroxyl groups excluding tert-OH is 2. The van der Waals surface area contributed by atoms with E-state index >= 15 is 0 Å². The van der Waals surface area contributed by atoms with Gasteiger partial charge in [0.15, 0.2) is 0 Å². The quantitative estimate of drug-likeness (QED) is 0.121. The SMILES string of the molecule is BC1O[C@]2(COP(=O)(O)OC3C4OC[C@@]3(COP(=O)(O)OC3C(OC)C(B)O[C@]3(C)CO)OC4B)COC1C2O. The van der Waals surface area contributed by atoms with Crippen molar-refractivity contribution in [1.29, 1.82) is 0 Å². The molecule has 0 radical (unpaired) electrons. The van der Waals surface area contributed by atoms with Gasteiger partial charge in [0.2, 0.25) is 0 Å². The molecular formula is C19H35B3O16P2. The fourth-order valence-electron chi connectivity index (χ4n) is 6.24. The first-order valence-corrected chi connectivity index (χ1v) is 16.0. The van der Waals surface area contributed by atoms with Crippen molar-refractivity contribution in [2.24, 2.45) is 0 Å². The van der Waals surface area contributed by atoms with E-state index < -0.39 is 107 Å². The van der Waals surface area contributed by atoms with Crippen molar-refractivity contribution < 1.29 is 75.6 Å². The van der Waals surface area contributed by atoms with Crippen LogP contribution < -0.4 is 0 Å². The number of fused-ring (bicyclic) bond motifs is 4. The summed E-state index contributed by atoms with van der Waals surface area (Å²) in [6, 6.07) is -1.60. The van der Waals surface area contributed by atoms with E-state index in [2.05, 4.69) is 0 Å². The maximum absolute atomic E-state index is 13.0. The highest BCUT2D eigenvalue weighted by atomic mass is 31.2. The number of hydrogen-bond donors (Lipinski definition) is 4. The van der Waals surface area contributed by atoms with Crippen molar-refractivity contribution in [1.82, 2.24) is 0 Å². The van der Waals surface area contributed by atoms with E-state index in [4.69, 9.17) is 46.5 Å². The molecule has 5 heterocycles. The summed E-state index contributed by atoms with van der Waals surface area (Å²) in [5, 5.41) is 20.3. The Balaban J connectivity index is 1.24. The average Bonchev–Trinajstić information content (AvgIpc) is 3.59. The van der Waals surface area contributed by atoms with Crippen LogP contribution in [0, 0.1) is 0 Å². The fraction of sp³-hybridized carbons (Fsp3) is 1.00. The van der Waals surface area contributed by atoms with E-state index in [0.717, 1.165) is 0 Å². The van der Waals surface area contributed by atoms with Gasteiger partial charge in [0.05, 0.1) is 51.0 Å². The minimum atomic E-state index is -4.83. The molecule has 5 saturated heterocycles. The van der Waals surface area contributed by atoms with Crippen molar-refractivity contribution in [3.8, 4) is 0 Å². The molecule has 0 saturated carbocycles. The van der Waals surface area contributed by atoms with Crippen molar-refractivity contribution in [2.45, 2.75) is 78.4 Å². The number of phosphoric acid groups is 2. The summed E-state index contributed by atoms with van der Waals surface area (Å²) in [4.78, 5) is 21.1. The Morgan fingerprint density at radius 1 is 0.850 bits per heavy atom. The maximum Gasteiger partial charge on any atom is 0.472 e. The first-order valence-electron chi connectivity index (χ1n) is 13.0. The molecule has 5 aliphatic heterocycles. The Hall–Kier alpha value is 0.0948. The zero-order valence-corrected chi connectivity index (χ0v) is 24.6. The van der Waals surface area contributed by atoms with Crippen LogP contribution in [0.15, 0.2) is 0 Å². The molecule has 5 rings (SSSR count). The Labute approximate surface area is 233 Å². The van der Waals surface area contributed by atoms with Gasteiger partial charge in [0, 0.05) is 7.11 Å². The molecule has 0 amide bonds. The van der Waals surface area contributed by atoms with Gasteiger partial charge in [0.1, 0.15) is 77.0 Å². The predicted molar refractivity (Wildman–Crippen MR) is 139 cm³/mol. The molecule has 21 heteroatoms. The van der Waals surface area contributed by atoms with Crippen LogP contribution in [-0.4, -0.2) is 155 Å². The van der Waals surface area contributed by atoms with Gasteiger partial charge in [-0.1, -0.05) is 0 Å². The second-order valence-electron chi connectivity index (χ2n) is 11.3. The molecule has 0 spiro atoms. The smallest absolute Gasteiger partial charge is 0.393 e. The number of rotatable bonds is 12. The molecule has 40 heavy (non-hydrogen) atoms. The molecule has 4 N–H and O–H groups in total. The van der Waals surface area contributed by atoms with E-state index in [9.17, 15) is 29.1 Å². The molecule has 0 aliphatic carbocycles. The van der Waals surface area contributed by atoms with Gasteiger partial charge < -0.3 is 48.4 Å². The van der Waals surface area contributed by atoms with Gasteiger partial charge in [-0.15, -0.1) is 0 Å². The van der Waals surface area contributed by atoms with Crippen molar-refractivity contribution in [2.75, 3.05) is 40.1 Å². The van der Waals surface area contributed by atoms with Crippen LogP contribution in [0.1, 0.15) is 6.92 Å². The molecule has 226 valence electrons. The molecule has 11 unspecified atom stereocenters. The van der Waals surface area contributed by atoms with Crippen molar-refractivity contribution >= 4 is 39.2 Å². The van der Waals surface area contributed by atoms with E-state index in [1.165, 1.54) is 14.0 Å². The summed E-state index contributed by atoms with van der Waals surface area (Å²) in [5.74, 6) is 0. The number of methoxy groups -OCH3 is 1. The third-order valence-electron chi connectivity index (χ3n) is 8.32. The summed E-state index contributed by atoms with van der Waals surface area (Å²) in [5.41, 5.74) is -4.20. The summed E-state index contributed by atoms with van der Waals surface area (Å²) in [6.45, 7) is -0.289. The molecule has 4 bridgehead atoms. The number of phosphoric ester groups is 2. The minimum Gasteiger partial charge on any atom is -0.393 e. The number of ether oxygens (including phenoxy) is 6. The number of hydrogen-bond acceptors (Lipinski definition) is 14. The highest BCUT2D eigenvalue weighted by molar-refractivity contribution is 7.47. The van der Waals surface area contributed by atoms with Crippen LogP contribution in [0.4, 0.5) is 0 Å². The Morgan fingerprint density at radius 2 is 1.38 bits per heavy atom. The van der Waals surface area contributed by atoms with Gasteiger partial charge in [0.25, 0.3) is 0 Å². The van der Waals surface area contributed by atoms with Crippen LogP contribution in [-0.2, 0) is 55.6 Å². The first-order chi connectivity index (χ1) is 18.6. The van der Waals surface area contributed by atoms with Crippen LogP contribution >= 0.6 is 15.6 Å². The standard InChI is InChI=1S/C19H35B3O16P2/c1-17(3-23)12(9(29-2)15(21)34-17)37-39(25,26)33-7-19-5-31-10(16(22)36-19)13(19)38-40(27,28)32-6-18-4-30-8(11(18)24)14(20)35-18/h8-16,23-24H,3-7,20-22H2,1-2H3,(H,25,26)(H,27,28)/t8?,9?,10?,11?,12?,13?,14?,15?,16?,17-,18+,19+/m1/s1. The Bertz CT molecular complexity index is 1060. The molecular weight excluding hydrogens is 579 g/mol. The van der Waals surface area contributed by atoms with Gasteiger partial charge >= 0.3 is 15.6 Å². The van der Waals surface area contributed by atoms with Gasteiger partial charge in [-0.25, -0.2) is 9.13 Å². The van der Waals surface area contributed by atoms with Crippen LogP contribution in [0.3, 0.4) is 0 Å². The fourth-order valence-corrected chi connectivity index (χ4v) is 8.36. The second-order valence-corrected chi connectivity index (χ2v) is 14.1. The van der Waals surface area contributed by atoms with E-state index in [1.807, 2.05) is 0 Å². The third-order valence-corrected chi connectivity index (χ3v) is 10.2. The van der Waals surface area contributed by atoms with Crippen molar-refractivity contribution in [3.63, 3.8) is 0 Å². The lowest BCUT2D eigenvalue weighted by atomic mass is 9.90. The van der Waals surface area contributed by atoms with Crippen LogP contribution in [0.2, 0.25) is 0 Å². The van der Waals surface area contributed by atoms with Crippen molar-refractivity contribution in [3.05, 3.63) is 0 Å². The van der Waals surface area contributed by atoms with E-state index in [-0.39, 0.29) is 13.2 Å². The summed E-state index contributed by atoms with van der Waals surface area (Å²) >= 11 is 0. The first kappa shape index (κ1) is 31.5. The monoisotopic (exact) mass is 614 g/mol. The summed E-state index contributed by atoms with van der Waals surface area (Å²) in [7, 11) is -3.22. The molecule has 5 fully saturated rings. The second kappa shape index (κ2) is 10.9. The molecule has 5 aliphatic rings. The summed E-state index contributed by atoms with van der Waals surface area (Å²) < 4.78 is 81.3. The maximum atomic E-state index is 13.0. The highest BCUT2D eigenvalue weighted by Crippen LogP contribution is 2.56. The molecule has 14 atom stereocenters. The van der Waals surface area contributed by atoms with E-state index in [1.54, 1.807) is 23.5 Å². The predicted octanol–water partition coefficient (Wildman–Crippen LogP) is -4.64. The lowest BCUT2D eigenvalue weighted by molar-refractivity contribution is -0.142. The zero-order valence-electron chi connectivity index (χ0n) is 22.8. The normalized spacial score (nSPS) is 50.8. The lowest BCUT2D eigenvalue weighted by Gasteiger charge is -2.34. The van der Waals surface area contributed by atoms with Gasteiger partial charge in [-0.3, -0.25) is 18.1 Å². The Kier molecular flexibility index (Phi) is 8.60. The zero-order chi connectivity index (χ0) is 29.3. The highest BCUT2D eigenvalue weighted by Gasteiger charge is 2.65. The van der Waals surface area contributed by atoms with Crippen LogP contribution in [0.5, 0.6) is 0 Å². The molecule has 0 aromatic heterocycles.